The average molecular weight is 292 g/mol. The van der Waals surface area contributed by atoms with Crippen LogP contribution in [0.2, 0.25) is 0 Å². The van der Waals surface area contributed by atoms with Gasteiger partial charge in [-0.15, -0.1) is 0 Å². The summed E-state index contributed by atoms with van der Waals surface area (Å²) >= 11 is 0. The van der Waals surface area contributed by atoms with Gasteiger partial charge in [0, 0.05) is 13.1 Å². The maximum absolute atomic E-state index is 11.7. The first-order chi connectivity index (χ1) is 9.99. The number of hydrogen-bond donors (Lipinski definition) is 2. The van der Waals surface area contributed by atoms with Gasteiger partial charge in [0.15, 0.2) is 0 Å². The van der Waals surface area contributed by atoms with Gasteiger partial charge in [-0.3, -0.25) is 14.5 Å². The minimum absolute atomic E-state index is 0.355. The largest absolute Gasteiger partial charge is 0.481 e. The van der Waals surface area contributed by atoms with Crippen LogP contribution in [-0.4, -0.2) is 35.0 Å². The third-order valence-electron chi connectivity index (χ3n) is 3.62. The SMILES string of the molecule is CCN(CC)Cc1ccccc1CNC(=O)C(C)C(=O)O. The standard InChI is InChI=1S/C16H24N2O3/c1-4-18(5-2)11-14-9-7-6-8-13(14)10-17-15(19)12(3)16(20)21/h6-9,12H,4-5,10-11H2,1-3H3,(H,17,19)(H,20,21). The van der Waals surface area contributed by atoms with Crippen LogP contribution in [-0.2, 0) is 22.7 Å². The molecular weight excluding hydrogens is 268 g/mol. The van der Waals surface area contributed by atoms with Crippen LogP contribution >= 0.6 is 0 Å². The molecule has 0 aliphatic carbocycles. The van der Waals surface area contributed by atoms with Gasteiger partial charge in [-0.2, -0.15) is 0 Å². The van der Waals surface area contributed by atoms with Crippen molar-refractivity contribution >= 4 is 11.9 Å². The molecule has 0 heterocycles. The van der Waals surface area contributed by atoms with Crippen molar-refractivity contribution < 1.29 is 14.7 Å². The normalized spacial score (nSPS) is 12.2. The predicted molar refractivity (Wildman–Crippen MR) is 81.7 cm³/mol. The van der Waals surface area contributed by atoms with Crippen LogP contribution in [0, 0.1) is 5.92 Å². The highest BCUT2D eigenvalue weighted by Gasteiger charge is 2.20. The highest BCUT2D eigenvalue weighted by atomic mass is 16.4. The van der Waals surface area contributed by atoms with E-state index in [-0.39, 0.29) is 0 Å². The molecule has 2 N–H and O–H groups in total. The molecule has 116 valence electrons. The Morgan fingerprint density at radius 2 is 1.76 bits per heavy atom. The number of rotatable bonds is 8. The number of amides is 1. The van der Waals surface area contributed by atoms with Crippen LogP contribution in [0.4, 0.5) is 0 Å². The molecule has 0 radical (unpaired) electrons. The van der Waals surface area contributed by atoms with Crippen LogP contribution < -0.4 is 5.32 Å². The van der Waals surface area contributed by atoms with Gasteiger partial charge in [0.25, 0.3) is 0 Å². The monoisotopic (exact) mass is 292 g/mol. The zero-order chi connectivity index (χ0) is 15.8. The predicted octanol–water partition coefficient (Wildman–Crippen LogP) is 1.87. The summed E-state index contributed by atoms with van der Waals surface area (Å²) in [5.41, 5.74) is 2.18. The number of nitrogens with zero attached hydrogens (tertiary/aromatic N) is 1. The summed E-state index contributed by atoms with van der Waals surface area (Å²) in [6.45, 7) is 8.73. The smallest absolute Gasteiger partial charge is 0.315 e. The number of carbonyl (C=O) groups excluding carboxylic acids is 1. The summed E-state index contributed by atoms with van der Waals surface area (Å²) in [5, 5.41) is 11.5. The number of aliphatic carboxylic acids is 1. The highest BCUT2D eigenvalue weighted by molar-refractivity contribution is 5.96. The van der Waals surface area contributed by atoms with Crippen molar-refractivity contribution in [3.8, 4) is 0 Å². The van der Waals surface area contributed by atoms with Crippen molar-refractivity contribution in [2.75, 3.05) is 13.1 Å². The first-order valence-corrected chi connectivity index (χ1v) is 7.29. The first-order valence-electron chi connectivity index (χ1n) is 7.29. The van der Waals surface area contributed by atoms with E-state index in [0.29, 0.717) is 6.54 Å². The molecule has 1 atom stereocenters. The molecule has 0 saturated heterocycles. The molecular formula is C16H24N2O3. The molecule has 0 bridgehead atoms. The molecule has 0 aliphatic rings. The Morgan fingerprint density at radius 1 is 1.19 bits per heavy atom. The summed E-state index contributed by atoms with van der Waals surface area (Å²) in [4.78, 5) is 24.8. The van der Waals surface area contributed by atoms with Crippen LogP contribution in [0.3, 0.4) is 0 Å². The van der Waals surface area contributed by atoms with Gasteiger partial charge >= 0.3 is 5.97 Å². The fraction of sp³-hybridized carbons (Fsp3) is 0.500. The zero-order valence-corrected chi connectivity index (χ0v) is 12.9. The number of nitrogens with one attached hydrogen (secondary N) is 1. The van der Waals surface area contributed by atoms with Gasteiger partial charge < -0.3 is 10.4 Å². The second-order valence-electron chi connectivity index (χ2n) is 5.01. The quantitative estimate of drug-likeness (QED) is 0.718. The van der Waals surface area contributed by atoms with E-state index in [1.807, 2.05) is 24.3 Å². The summed E-state index contributed by atoms with van der Waals surface area (Å²) in [6.07, 6.45) is 0. The van der Waals surface area contributed by atoms with Gasteiger partial charge in [0.05, 0.1) is 0 Å². The second-order valence-corrected chi connectivity index (χ2v) is 5.01. The van der Waals surface area contributed by atoms with Gasteiger partial charge in [-0.25, -0.2) is 0 Å². The third kappa shape index (κ3) is 5.19. The van der Waals surface area contributed by atoms with Crippen molar-refractivity contribution in [3.63, 3.8) is 0 Å². The summed E-state index contributed by atoms with van der Waals surface area (Å²) in [6, 6.07) is 7.91. The number of benzene rings is 1. The Kier molecular flexibility index (Phi) is 6.88. The molecule has 0 aliphatic heterocycles. The minimum Gasteiger partial charge on any atom is -0.481 e. The Hall–Kier alpha value is -1.88. The van der Waals surface area contributed by atoms with Crippen LogP contribution in [0.1, 0.15) is 31.9 Å². The topological polar surface area (TPSA) is 69.6 Å². The van der Waals surface area contributed by atoms with E-state index >= 15 is 0 Å². The molecule has 5 heteroatoms. The van der Waals surface area contributed by atoms with Gasteiger partial charge in [0.2, 0.25) is 5.91 Å². The molecule has 0 spiro atoms. The number of carboxylic acids is 1. The fourth-order valence-electron chi connectivity index (χ4n) is 2.02. The molecule has 1 amide bonds. The Labute approximate surface area is 126 Å². The molecule has 1 unspecified atom stereocenters. The van der Waals surface area contributed by atoms with E-state index in [2.05, 4.69) is 24.1 Å². The van der Waals surface area contributed by atoms with Crippen LogP contribution in [0.5, 0.6) is 0 Å². The first kappa shape index (κ1) is 17.2. The minimum atomic E-state index is -1.11. The van der Waals surface area contributed by atoms with Crippen molar-refractivity contribution in [3.05, 3.63) is 35.4 Å². The number of carbonyl (C=O) groups is 2. The summed E-state index contributed by atoms with van der Waals surface area (Å²) < 4.78 is 0. The highest BCUT2D eigenvalue weighted by Crippen LogP contribution is 2.12. The lowest BCUT2D eigenvalue weighted by Crippen LogP contribution is -2.33. The average Bonchev–Trinajstić information content (AvgIpc) is 2.50. The summed E-state index contributed by atoms with van der Waals surface area (Å²) in [7, 11) is 0. The van der Waals surface area contributed by atoms with Crippen molar-refractivity contribution in [1.82, 2.24) is 10.2 Å². The van der Waals surface area contributed by atoms with E-state index in [4.69, 9.17) is 5.11 Å². The number of hydrogen-bond acceptors (Lipinski definition) is 3. The number of carboxylic acid groups (broad SMARTS) is 1. The van der Waals surface area contributed by atoms with Crippen LogP contribution in [0.25, 0.3) is 0 Å². The van der Waals surface area contributed by atoms with E-state index in [9.17, 15) is 9.59 Å². The molecule has 1 aromatic rings. The van der Waals surface area contributed by atoms with Crippen molar-refractivity contribution in [2.24, 2.45) is 5.92 Å². The zero-order valence-electron chi connectivity index (χ0n) is 12.9. The van der Waals surface area contributed by atoms with E-state index in [0.717, 1.165) is 30.8 Å². The molecule has 1 aromatic carbocycles. The molecule has 0 saturated carbocycles. The van der Waals surface area contributed by atoms with Crippen LogP contribution in [0.15, 0.2) is 24.3 Å². The maximum atomic E-state index is 11.7. The van der Waals surface area contributed by atoms with Crippen molar-refractivity contribution in [2.45, 2.75) is 33.9 Å². The molecule has 5 nitrogen and oxygen atoms in total. The van der Waals surface area contributed by atoms with Crippen molar-refractivity contribution in [1.29, 1.82) is 0 Å². The lowest BCUT2D eigenvalue weighted by molar-refractivity contribution is -0.146. The van der Waals surface area contributed by atoms with E-state index in [1.165, 1.54) is 6.92 Å². The molecule has 0 aromatic heterocycles. The maximum Gasteiger partial charge on any atom is 0.315 e. The molecule has 21 heavy (non-hydrogen) atoms. The third-order valence-corrected chi connectivity index (χ3v) is 3.62. The Morgan fingerprint density at radius 3 is 2.29 bits per heavy atom. The van der Waals surface area contributed by atoms with Gasteiger partial charge in [-0.05, 0) is 31.1 Å². The molecule has 1 rings (SSSR count). The molecule has 0 fully saturated rings. The van der Waals surface area contributed by atoms with E-state index in [1.54, 1.807) is 0 Å². The summed E-state index contributed by atoms with van der Waals surface area (Å²) in [5.74, 6) is -2.59. The van der Waals surface area contributed by atoms with Gasteiger partial charge in [0.1, 0.15) is 5.92 Å². The van der Waals surface area contributed by atoms with E-state index < -0.39 is 17.8 Å². The Balaban J connectivity index is 2.71. The van der Waals surface area contributed by atoms with Gasteiger partial charge in [-0.1, -0.05) is 38.1 Å². The second kappa shape index (κ2) is 8.42. The fourth-order valence-corrected chi connectivity index (χ4v) is 2.02. The lowest BCUT2D eigenvalue weighted by atomic mass is 10.1. The Bertz CT molecular complexity index is 484. The lowest BCUT2D eigenvalue weighted by Gasteiger charge is -2.20.